The maximum atomic E-state index is 4.76. The highest BCUT2D eigenvalue weighted by Gasteiger charge is 2.17. The van der Waals surface area contributed by atoms with Crippen LogP contribution in [0.4, 0.5) is 0 Å². The third kappa shape index (κ3) is 2.74. The van der Waals surface area contributed by atoms with E-state index in [1.54, 1.807) is 0 Å². The fraction of sp³-hybridized carbons (Fsp3) is 0.0455. The number of benzene rings is 3. The molecule has 1 nitrogen and oxygen atoms in total. The Labute approximate surface area is 136 Å². The lowest BCUT2D eigenvalue weighted by molar-refractivity contribution is 0.924. The average Bonchev–Trinajstić information content (AvgIpc) is 2.64. The molecular weight excluding hydrogens is 278 g/mol. The number of aromatic nitrogens is 1. The van der Waals surface area contributed by atoms with Crippen LogP contribution >= 0.6 is 0 Å². The summed E-state index contributed by atoms with van der Waals surface area (Å²) in [6, 6.07) is 31.8. The van der Waals surface area contributed by atoms with Crippen LogP contribution in [0.1, 0.15) is 22.7 Å². The van der Waals surface area contributed by atoms with Crippen LogP contribution in [0.3, 0.4) is 0 Å². The molecule has 0 aliphatic carbocycles. The van der Waals surface area contributed by atoms with E-state index in [-0.39, 0.29) is 5.92 Å². The highest BCUT2D eigenvalue weighted by atomic mass is 14.7. The molecule has 0 amide bonds. The van der Waals surface area contributed by atoms with Gasteiger partial charge in [-0.2, -0.15) is 0 Å². The lowest BCUT2D eigenvalue weighted by Crippen LogP contribution is -2.05. The summed E-state index contributed by atoms with van der Waals surface area (Å²) in [5, 5.41) is 2.41. The van der Waals surface area contributed by atoms with Gasteiger partial charge in [-0.25, -0.2) is 0 Å². The number of rotatable bonds is 3. The Hall–Kier alpha value is -2.93. The van der Waals surface area contributed by atoms with Crippen LogP contribution in [0.2, 0.25) is 0 Å². The van der Waals surface area contributed by atoms with E-state index in [0.29, 0.717) is 0 Å². The number of nitrogens with zero attached hydrogens (tertiary/aromatic N) is 1. The maximum Gasteiger partial charge on any atom is 0.0528 e. The quantitative estimate of drug-likeness (QED) is 0.492. The smallest absolute Gasteiger partial charge is 0.0528 e. The summed E-state index contributed by atoms with van der Waals surface area (Å²) >= 11 is 0. The molecule has 0 atom stereocenters. The fourth-order valence-corrected chi connectivity index (χ4v) is 3.08. The monoisotopic (exact) mass is 295 g/mol. The molecule has 110 valence electrons. The maximum absolute atomic E-state index is 4.76. The predicted molar refractivity (Wildman–Crippen MR) is 95.6 cm³/mol. The van der Waals surface area contributed by atoms with Crippen LogP contribution in [0.25, 0.3) is 10.8 Å². The first-order valence-corrected chi connectivity index (χ1v) is 7.86. The number of hydrogen-bond donors (Lipinski definition) is 0. The molecule has 0 fully saturated rings. The molecule has 0 saturated carbocycles. The van der Waals surface area contributed by atoms with Crippen LogP contribution in [-0.2, 0) is 0 Å². The molecule has 4 rings (SSSR count). The lowest BCUT2D eigenvalue weighted by atomic mass is 9.87. The van der Waals surface area contributed by atoms with Gasteiger partial charge in [0.1, 0.15) is 0 Å². The molecule has 0 bridgehead atoms. The summed E-state index contributed by atoms with van der Waals surface area (Å²) in [5.74, 6) is 0.155. The van der Waals surface area contributed by atoms with Gasteiger partial charge in [-0.3, -0.25) is 4.98 Å². The van der Waals surface area contributed by atoms with Crippen molar-refractivity contribution in [3.05, 3.63) is 114 Å². The lowest BCUT2D eigenvalue weighted by Gasteiger charge is -2.18. The molecule has 0 unspecified atom stereocenters. The fourth-order valence-electron chi connectivity index (χ4n) is 3.08. The third-order valence-corrected chi connectivity index (χ3v) is 4.21. The van der Waals surface area contributed by atoms with Crippen molar-refractivity contribution in [2.24, 2.45) is 0 Å². The van der Waals surface area contributed by atoms with Gasteiger partial charge in [-0.05, 0) is 22.6 Å². The second-order valence-electron chi connectivity index (χ2n) is 5.71. The summed E-state index contributed by atoms with van der Waals surface area (Å²) < 4.78 is 0. The Bertz CT molecular complexity index is 874. The zero-order valence-electron chi connectivity index (χ0n) is 12.8. The standard InChI is InChI=1S/C22H17N/c1-3-9-17(10-4-1)22(18-11-5-2-6-12-18)21-15-19-13-7-8-14-20(19)16-23-21/h1-16,22H. The molecule has 3 aromatic carbocycles. The number of pyridine rings is 1. The van der Waals surface area contributed by atoms with E-state index < -0.39 is 0 Å². The van der Waals surface area contributed by atoms with Crippen molar-refractivity contribution in [1.29, 1.82) is 0 Å². The van der Waals surface area contributed by atoms with E-state index in [0.717, 1.165) is 5.69 Å². The van der Waals surface area contributed by atoms with Gasteiger partial charge in [-0.15, -0.1) is 0 Å². The molecule has 0 spiro atoms. The van der Waals surface area contributed by atoms with Gasteiger partial charge in [0.25, 0.3) is 0 Å². The zero-order valence-corrected chi connectivity index (χ0v) is 12.8. The topological polar surface area (TPSA) is 12.9 Å². The summed E-state index contributed by atoms with van der Waals surface area (Å²) in [6.45, 7) is 0. The van der Waals surface area contributed by atoms with Crippen LogP contribution < -0.4 is 0 Å². The molecule has 0 saturated heterocycles. The Morgan fingerprint density at radius 2 is 1.09 bits per heavy atom. The summed E-state index contributed by atoms with van der Waals surface area (Å²) in [7, 11) is 0. The molecule has 23 heavy (non-hydrogen) atoms. The zero-order chi connectivity index (χ0) is 15.5. The highest BCUT2D eigenvalue weighted by Crippen LogP contribution is 2.31. The van der Waals surface area contributed by atoms with Gasteiger partial charge in [-0.1, -0.05) is 84.9 Å². The summed E-state index contributed by atoms with van der Waals surface area (Å²) in [4.78, 5) is 4.76. The molecule has 0 aliphatic rings. The summed E-state index contributed by atoms with van der Waals surface area (Å²) in [6.07, 6.45) is 1.98. The minimum absolute atomic E-state index is 0.155. The largest absolute Gasteiger partial charge is 0.260 e. The highest BCUT2D eigenvalue weighted by molar-refractivity contribution is 5.82. The van der Waals surface area contributed by atoms with E-state index in [1.807, 2.05) is 6.20 Å². The molecule has 0 radical (unpaired) electrons. The minimum atomic E-state index is 0.155. The van der Waals surface area contributed by atoms with Crippen molar-refractivity contribution in [3.8, 4) is 0 Å². The van der Waals surface area contributed by atoms with Crippen LogP contribution in [-0.4, -0.2) is 4.98 Å². The molecule has 4 aromatic rings. The molecule has 1 aromatic heterocycles. The second kappa shape index (κ2) is 6.05. The van der Waals surface area contributed by atoms with Gasteiger partial charge in [0, 0.05) is 11.6 Å². The van der Waals surface area contributed by atoms with E-state index in [2.05, 4.69) is 91.0 Å². The minimum Gasteiger partial charge on any atom is -0.260 e. The Morgan fingerprint density at radius 1 is 0.565 bits per heavy atom. The van der Waals surface area contributed by atoms with E-state index >= 15 is 0 Å². The first-order chi connectivity index (χ1) is 11.4. The van der Waals surface area contributed by atoms with Crippen molar-refractivity contribution in [3.63, 3.8) is 0 Å². The molecule has 1 heteroatoms. The van der Waals surface area contributed by atoms with E-state index in [4.69, 9.17) is 4.98 Å². The Balaban J connectivity index is 1.90. The van der Waals surface area contributed by atoms with Gasteiger partial charge in [0.05, 0.1) is 11.6 Å². The Morgan fingerprint density at radius 3 is 1.70 bits per heavy atom. The van der Waals surface area contributed by atoms with Gasteiger partial charge < -0.3 is 0 Å². The first kappa shape index (κ1) is 13.7. The summed E-state index contributed by atoms with van der Waals surface area (Å²) in [5.41, 5.74) is 3.61. The Kier molecular flexibility index (Phi) is 3.61. The molecule has 0 N–H and O–H groups in total. The SMILES string of the molecule is c1ccc(C(c2ccccc2)c2cc3ccccc3cn2)cc1. The first-order valence-electron chi connectivity index (χ1n) is 7.86. The average molecular weight is 295 g/mol. The van der Waals surface area contributed by atoms with Crippen molar-refractivity contribution < 1.29 is 0 Å². The van der Waals surface area contributed by atoms with Gasteiger partial charge in [0.2, 0.25) is 0 Å². The van der Waals surface area contributed by atoms with Gasteiger partial charge in [0.15, 0.2) is 0 Å². The van der Waals surface area contributed by atoms with Crippen molar-refractivity contribution >= 4 is 10.8 Å². The number of fused-ring (bicyclic) bond motifs is 1. The van der Waals surface area contributed by atoms with Crippen LogP contribution in [0, 0.1) is 0 Å². The van der Waals surface area contributed by atoms with E-state index in [9.17, 15) is 0 Å². The van der Waals surface area contributed by atoms with Gasteiger partial charge >= 0.3 is 0 Å². The third-order valence-electron chi connectivity index (χ3n) is 4.21. The van der Waals surface area contributed by atoms with Crippen LogP contribution in [0.15, 0.2) is 97.2 Å². The van der Waals surface area contributed by atoms with Crippen LogP contribution in [0.5, 0.6) is 0 Å². The van der Waals surface area contributed by atoms with Crippen molar-refractivity contribution in [1.82, 2.24) is 4.98 Å². The molecular formula is C22H17N. The van der Waals surface area contributed by atoms with E-state index in [1.165, 1.54) is 21.9 Å². The molecule has 1 heterocycles. The normalized spacial score (nSPS) is 11.0. The second-order valence-corrected chi connectivity index (χ2v) is 5.71. The predicted octanol–water partition coefficient (Wildman–Crippen LogP) is 5.42. The van der Waals surface area contributed by atoms with Crippen molar-refractivity contribution in [2.45, 2.75) is 5.92 Å². The molecule has 0 aliphatic heterocycles. The number of hydrogen-bond acceptors (Lipinski definition) is 1. The van der Waals surface area contributed by atoms with Crippen molar-refractivity contribution in [2.75, 3.05) is 0 Å².